The molecule has 2 aromatic rings. The molecule has 0 aliphatic carbocycles. The molecule has 0 radical (unpaired) electrons. The molecule has 100 valence electrons. The summed E-state index contributed by atoms with van der Waals surface area (Å²) >= 11 is 8.12. The van der Waals surface area contributed by atoms with Crippen LogP contribution in [0.5, 0.6) is 11.5 Å². The average Bonchev–Trinajstić information content (AvgIpc) is 2.84. The predicted molar refractivity (Wildman–Crippen MR) is 82.7 cm³/mol. The fourth-order valence-corrected chi connectivity index (χ4v) is 3.69. The third kappa shape index (κ3) is 2.85. The van der Waals surface area contributed by atoms with Crippen LogP contribution < -0.4 is 9.47 Å². The van der Waals surface area contributed by atoms with E-state index in [2.05, 4.69) is 31.9 Å². The Bertz CT molecular complexity index is 622. The highest BCUT2D eigenvalue weighted by molar-refractivity contribution is 9.11. The fraction of sp³-hybridized carbons (Fsp3) is 0.154. The van der Waals surface area contributed by atoms with Gasteiger partial charge in [-0.3, -0.25) is 4.79 Å². The largest absolute Gasteiger partial charge is 0.495 e. The third-order valence-corrected chi connectivity index (χ3v) is 4.96. The zero-order valence-corrected chi connectivity index (χ0v) is 14.2. The molecule has 0 saturated heterocycles. The minimum atomic E-state index is -0.0732. The van der Waals surface area contributed by atoms with Crippen molar-refractivity contribution in [3.63, 3.8) is 0 Å². The molecule has 1 aromatic heterocycles. The van der Waals surface area contributed by atoms with Gasteiger partial charge in [-0.05, 0) is 50.1 Å². The van der Waals surface area contributed by atoms with Crippen LogP contribution in [0.25, 0.3) is 0 Å². The molecule has 0 bridgehead atoms. The monoisotopic (exact) mass is 404 g/mol. The van der Waals surface area contributed by atoms with E-state index in [1.54, 1.807) is 25.3 Å². The van der Waals surface area contributed by atoms with Crippen molar-refractivity contribution in [1.29, 1.82) is 0 Å². The van der Waals surface area contributed by atoms with Gasteiger partial charge in [-0.1, -0.05) is 0 Å². The molecule has 6 heteroatoms. The Balaban J connectivity index is 2.50. The number of thiophene rings is 1. The van der Waals surface area contributed by atoms with Gasteiger partial charge < -0.3 is 9.47 Å². The van der Waals surface area contributed by atoms with Gasteiger partial charge in [0.25, 0.3) is 0 Å². The number of hydrogen-bond donors (Lipinski definition) is 0. The number of ketones is 1. The highest BCUT2D eigenvalue weighted by atomic mass is 79.9. The third-order valence-electron chi connectivity index (χ3n) is 2.52. The van der Waals surface area contributed by atoms with Crippen molar-refractivity contribution < 1.29 is 14.3 Å². The lowest BCUT2D eigenvalue weighted by molar-refractivity contribution is 0.103. The van der Waals surface area contributed by atoms with Crippen molar-refractivity contribution in [3.8, 4) is 11.5 Å². The SMILES string of the molecule is COc1ccc(C(=O)c2cc(Br)cs2)c(OC)c1Br. The van der Waals surface area contributed by atoms with E-state index in [0.29, 0.717) is 26.4 Å². The van der Waals surface area contributed by atoms with Crippen LogP contribution in [0.15, 0.2) is 32.5 Å². The van der Waals surface area contributed by atoms with E-state index in [0.717, 1.165) is 4.47 Å². The van der Waals surface area contributed by atoms with E-state index in [4.69, 9.17) is 9.47 Å². The van der Waals surface area contributed by atoms with E-state index in [1.165, 1.54) is 18.4 Å². The highest BCUT2D eigenvalue weighted by Gasteiger charge is 2.20. The number of halogens is 2. The minimum Gasteiger partial charge on any atom is -0.495 e. The molecule has 0 aliphatic rings. The van der Waals surface area contributed by atoms with Crippen LogP contribution in [0.3, 0.4) is 0 Å². The topological polar surface area (TPSA) is 35.5 Å². The molecule has 0 N–H and O–H groups in total. The Hall–Kier alpha value is -0.850. The number of carbonyl (C=O) groups excluding carboxylic acids is 1. The molecule has 3 nitrogen and oxygen atoms in total. The number of methoxy groups -OCH3 is 2. The highest BCUT2D eigenvalue weighted by Crippen LogP contribution is 2.38. The van der Waals surface area contributed by atoms with Gasteiger partial charge in [0.15, 0.2) is 0 Å². The van der Waals surface area contributed by atoms with Crippen molar-refractivity contribution in [3.05, 3.63) is 43.0 Å². The molecule has 0 saturated carbocycles. The quantitative estimate of drug-likeness (QED) is 0.701. The molecule has 0 atom stereocenters. The lowest BCUT2D eigenvalue weighted by Gasteiger charge is -2.12. The van der Waals surface area contributed by atoms with Crippen LogP contribution in [-0.2, 0) is 0 Å². The summed E-state index contributed by atoms with van der Waals surface area (Å²) in [6.07, 6.45) is 0. The zero-order valence-electron chi connectivity index (χ0n) is 10.2. The summed E-state index contributed by atoms with van der Waals surface area (Å²) < 4.78 is 12.0. The second-order valence-electron chi connectivity index (χ2n) is 3.62. The lowest BCUT2D eigenvalue weighted by atomic mass is 10.1. The zero-order chi connectivity index (χ0) is 14.0. The van der Waals surface area contributed by atoms with Crippen molar-refractivity contribution in [2.45, 2.75) is 0 Å². The second kappa shape index (κ2) is 6.07. The van der Waals surface area contributed by atoms with Crippen molar-refractivity contribution in [1.82, 2.24) is 0 Å². The van der Waals surface area contributed by atoms with Gasteiger partial charge >= 0.3 is 0 Å². The van der Waals surface area contributed by atoms with Crippen molar-refractivity contribution in [2.75, 3.05) is 14.2 Å². The summed E-state index contributed by atoms with van der Waals surface area (Å²) in [5.74, 6) is 1.03. The summed E-state index contributed by atoms with van der Waals surface area (Å²) in [6.45, 7) is 0. The van der Waals surface area contributed by atoms with Gasteiger partial charge in [-0.2, -0.15) is 0 Å². The Kier molecular flexibility index (Phi) is 4.65. The molecule has 0 spiro atoms. The molecule has 0 fully saturated rings. The van der Waals surface area contributed by atoms with E-state index >= 15 is 0 Å². The van der Waals surface area contributed by atoms with Gasteiger partial charge in [0.2, 0.25) is 5.78 Å². The first-order valence-corrected chi connectivity index (χ1v) is 7.74. The van der Waals surface area contributed by atoms with Crippen LogP contribution in [0.1, 0.15) is 15.2 Å². The molecule has 0 amide bonds. The maximum Gasteiger partial charge on any atom is 0.206 e. The van der Waals surface area contributed by atoms with Crippen LogP contribution in [-0.4, -0.2) is 20.0 Å². The Morgan fingerprint density at radius 1 is 1.21 bits per heavy atom. The molecule has 0 unspecified atom stereocenters. The normalized spacial score (nSPS) is 10.3. The lowest BCUT2D eigenvalue weighted by Crippen LogP contribution is -2.03. The van der Waals surface area contributed by atoms with Crippen LogP contribution in [0.4, 0.5) is 0 Å². The van der Waals surface area contributed by atoms with Gasteiger partial charge in [0.1, 0.15) is 16.0 Å². The summed E-state index contributed by atoms with van der Waals surface area (Å²) in [7, 11) is 3.10. The maximum atomic E-state index is 12.4. The summed E-state index contributed by atoms with van der Waals surface area (Å²) in [6, 6.07) is 5.24. The summed E-state index contributed by atoms with van der Waals surface area (Å²) in [4.78, 5) is 13.1. The van der Waals surface area contributed by atoms with Gasteiger partial charge in [-0.25, -0.2) is 0 Å². The molecular formula is C13H10Br2O3S. The molecule has 19 heavy (non-hydrogen) atoms. The van der Waals surface area contributed by atoms with Crippen molar-refractivity contribution >= 4 is 49.0 Å². The number of rotatable bonds is 4. The van der Waals surface area contributed by atoms with Gasteiger partial charge in [0.05, 0.1) is 24.7 Å². The first kappa shape index (κ1) is 14.6. The Labute approximate surface area is 131 Å². The molecule has 1 heterocycles. The Morgan fingerprint density at radius 2 is 1.95 bits per heavy atom. The van der Waals surface area contributed by atoms with E-state index in [1.807, 2.05) is 5.38 Å². The average molecular weight is 406 g/mol. The number of ether oxygens (including phenoxy) is 2. The maximum absolute atomic E-state index is 12.4. The van der Waals surface area contributed by atoms with Crippen LogP contribution >= 0.6 is 43.2 Å². The number of hydrogen-bond acceptors (Lipinski definition) is 4. The number of carbonyl (C=O) groups is 1. The first-order chi connectivity index (χ1) is 9.08. The van der Waals surface area contributed by atoms with E-state index in [-0.39, 0.29) is 5.78 Å². The molecule has 1 aromatic carbocycles. The molecule has 2 rings (SSSR count). The number of benzene rings is 1. The van der Waals surface area contributed by atoms with Gasteiger partial charge in [-0.15, -0.1) is 11.3 Å². The van der Waals surface area contributed by atoms with E-state index in [9.17, 15) is 4.79 Å². The van der Waals surface area contributed by atoms with Gasteiger partial charge in [0, 0.05) is 9.85 Å². The Morgan fingerprint density at radius 3 is 2.47 bits per heavy atom. The molecular weight excluding hydrogens is 396 g/mol. The molecule has 0 aliphatic heterocycles. The first-order valence-electron chi connectivity index (χ1n) is 5.27. The second-order valence-corrected chi connectivity index (χ2v) is 6.24. The summed E-state index contributed by atoms with van der Waals surface area (Å²) in [5.41, 5.74) is 0.504. The predicted octanol–water partition coefficient (Wildman–Crippen LogP) is 4.52. The fourth-order valence-electron chi connectivity index (χ4n) is 1.64. The summed E-state index contributed by atoms with van der Waals surface area (Å²) in [5, 5.41) is 1.87. The smallest absolute Gasteiger partial charge is 0.206 e. The minimum absolute atomic E-state index is 0.0732. The van der Waals surface area contributed by atoms with Crippen LogP contribution in [0, 0.1) is 0 Å². The van der Waals surface area contributed by atoms with Crippen molar-refractivity contribution in [2.24, 2.45) is 0 Å². The standard InChI is InChI=1S/C13H10Br2O3S/c1-17-9-4-3-8(13(18-2)11(9)15)12(16)10-5-7(14)6-19-10/h3-6H,1-2H3. The van der Waals surface area contributed by atoms with E-state index < -0.39 is 0 Å². The van der Waals surface area contributed by atoms with Crippen LogP contribution in [0.2, 0.25) is 0 Å².